The molecule has 0 saturated carbocycles. The van der Waals surface area contributed by atoms with Crippen molar-refractivity contribution in [3.8, 4) is 0 Å². The lowest BCUT2D eigenvalue weighted by Crippen LogP contribution is -2.40. The Balaban J connectivity index is 1.86. The molecule has 2 amide bonds. The first-order valence-electron chi connectivity index (χ1n) is 9.30. The number of hydrogen-bond acceptors (Lipinski definition) is 5. The Bertz CT molecular complexity index is 1050. The average Bonchev–Trinajstić information content (AvgIpc) is 2.75. The molecule has 1 aliphatic heterocycles. The Morgan fingerprint density at radius 3 is 2.53 bits per heavy atom. The summed E-state index contributed by atoms with van der Waals surface area (Å²) in [6, 6.07) is 11.0. The van der Waals surface area contributed by atoms with Crippen molar-refractivity contribution in [2.75, 3.05) is 38.7 Å². The number of nitrogens with one attached hydrogen (secondary N) is 2. The molecule has 1 aliphatic rings. The molecule has 3 rings (SSSR count). The molecule has 0 radical (unpaired) electrons. The van der Waals surface area contributed by atoms with Gasteiger partial charge in [0.15, 0.2) is 0 Å². The zero-order valence-electron chi connectivity index (χ0n) is 16.4. The monoisotopic (exact) mass is 451 g/mol. The van der Waals surface area contributed by atoms with Crippen molar-refractivity contribution in [1.29, 1.82) is 0 Å². The summed E-state index contributed by atoms with van der Waals surface area (Å²) in [5, 5.41) is 5.32. The number of halogens is 1. The van der Waals surface area contributed by atoms with Crippen LogP contribution in [0.25, 0.3) is 0 Å². The number of morpholine rings is 1. The summed E-state index contributed by atoms with van der Waals surface area (Å²) in [6.07, 6.45) is 0.101. The Morgan fingerprint density at radius 2 is 1.83 bits per heavy atom. The first-order chi connectivity index (χ1) is 14.3. The smallest absolute Gasteiger partial charge is 0.255 e. The van der Waals surface area contributed by atoms with E-state index in [4.69, 9.17) is 16.3 Å². The minimum Gasteiger partial charge on any atom is -0.379 e. The number of nitrogens with zero attached hydrogens (tertiary/aromatic N) is 1. The third kappa shape index (κ3) is 4.99. The van der Waals surface area contributed by atoms with Gasteiger partial charge < -0.3 is 15.4 Å². The number of para-hydroxylation sites is 1. The van der Waals surface area contributed by atoms with E-state index in [1.165, 1.54) is 29.6 Å². The fraction of sp³-hybridized carbons (Fsp3) is 0.300. The molecule has 1 heterocycles. The second-order valence-corrected chi connectivity index (χ2v) is 8.94. The van der Waals surface area contributed by atoms with E-state index in [1.54, 1.807) is 24.3 Å². The minimum atomic E-state index is -3.86. The highest BCUT2D eigenvalue weighted by atomic mass is 35.5. The Morgan fingerprint density at radius 1 is 1.13 bits per heavy atom. The minimum absolute atomic E-state index is 0.0399. The van der Waals surface area contributed by atoms with E-state index in [0.717, 1.165) is 0 Å². The second kappa shape index (κ2) is 9.57. The highest BCUT2D eigenvalue weighted by molar-refractivity contribution is 7.89. The number of rotatable bonds is 6. The van der Waals surface area contributed by atoms with Gasteiger partial charge in [0, 0.05) is 31.4 Å². The summed E-state index contributed by atoms with van der Waals surface area (Å²) in [7, 11) is -2.33. The molecule has 10 heteroatoms. The molecule has 160 valence electrons. The summed E-state index contributed by atoms with van der Waals surface area (Å²) in [4.78, 5) is 24.4. The summed E-state index contributed by atoms with van der Waals surface area (Å²) in [6.45, 7) is 1.06. The first kappa shape index (κ1) is 22.2. The van der Waals surface area contributed by atoms with Gasteiger partial charge in [-0.2, -0.15) is 4.31 Å². The molecule has 0 spiro atoms. The van der Waals surface area contributed by atoms with Crippen LogP contribution in [0.3, 0.4) is 0 Å². The highest BCUT2D eigenvalue weighted by Crippen LogP contribution is 2.27. The number of benzene rings is 2. The van der Waals surface area contributed by atoms with Crippen LogP contribution >= 0.6 is 11.6 Å². The molecule has 0 aliphatic carbocycles. The van der Waals surface area contributed by atoms with Crippen molar-refractivity contribution in [2.24, 2.45) is 0 Å². The molecule has 2 aromatic rings. The van der Waals surface area contributed by atoms with Gasteiger partial charge in [-0.15, -0.1) is 0 Å². The summed E-state index contributed by atoms with van der Waals surface area (Å²) >= 11 is 6.15. The van der Waals surface area contributed by atoms with E-state index in [-0.39, 0.29) is 40.9 Å². The zero-order valence-corrected chi connectivity index (χ0v) is 17.9. The predicted octanol–water partition coefficient (Wildman–Crippen LogP) is 1.90. The van der Waals surface area contributed by atoms with Crippen molar-refractivity contribution >= 4 is 39.1 Å². The quantitative estimate of drug-likeness (QED) is 0.698. The predicted molar refractivity (Wildman–Crippen MR) is 113 cm³/mol. The van der Waals surface area contributed by atoms with E-state index in [9.17, 15) is 18.0 Å². The van der Waals surface area contributed by atoms with Crippen LogP contribution in [0.15, 0.2) is 47.4 Å². The van der Waals surface area contributed by atoms with Gasteiger partial charge in [-0.25, -0.2) is 8.42 Å². The Hall–Kier alpha value is -2.46. The molecule has 8 nitrogen and oxygen atoms in total. The van der Waals surface area contributed by atoms with Crippen LogP contribution < -0.4 is 10.6 Å². The van der Waals surface area contributed by atoms with Gasteiger partial charge >= 0.3 is 0 Å². The lowest BCUT2D eigenvalue weighted by molar-refractivity contribution is -0.119. The van der Waals surface area contributed by atoms with Crippen LogP contribution in [0.5, 0.6) is 0 Å². The molecule has 0 aromatic heterocycles. The van der Waals surface area contributed by atoms with Crippen molar-refractivity contribution in [3.63, 3.8) is 0 Å². The van der Waals surface area contributed by atoms with Gasteiger partial charge in [0.2, 0.25) is 15.9 Å². The Kier molecular flexibility index (Phi) is 7.09. The molecule has 0 unspecified atom stereocenters. The van der Waals surface area contributed by atoms with Gasteiger partial charge in [0.1, 0.15) is 4.90 Å². The van der Waals surface area contributed by atoms with Crippen LogP contribution in [-0.2, 0) is 26.0 Å². The third-order valence-electron chi connectivity index (χ3n) is 4.68. The fourth-order valence-corrected chi connectivity index (χ4v) is 4.93. The molecular formula is C20H22ClN3O5S. The molecule has 2 aromatic carbocycles. The largest absolute Gasteiger partial charge is 0.379 e. The molecule has 30 heavy (non-hydrogen) atoms. The van der Waals surface area contributed by atoms with Gasteiger partial charge in [-0.3, -0.25) is 9.59 Å². The van der Waals surface area contributed by atoms with E-state index in [1.807, 2.05) is 0 Å². The SMILES string of the molecule is CNC(=O)Cc1ccccc1NC(=O)c1ccc(Cl)c(S(=O)(=O)N2CCOCC2)c1. The first-order valence-corrected chi connectivity index (χ1v) is 11.1. The average molecular weight is 452 g/mol. The van der Waals surface area contributed by atoms with Gasteiger partial charge in [0.05, 0.1) is 24.7 Å². The van der Waals surface area contributed by atoms with Crippen molar-refractivity contribution in [1.82, 2.24) is 9.62 Å². The van der Waals surface area contributed by atoms with Crippen molar-refractivity contribution < 1.29 is 22.7 Å². The molecule has 1 saturated heterocycles. The standard InChI is InChI=1S/C20H22ClN3O5S/c1-22-19(25)13-14-4-2-3-5-17(14)23-20(26)15-6-7-16(21)18(12-15)30(27,28)24-8-10-29-11-9-24/h2-7,12H,8-11,13H2,1H3,(H,22,25)(H,23,26). The van der Waals surface area contributed by atoms with Crippen LogP contribution in [0, 0.1) is 0 Å². The van der Waals surface area contributed by atoms with E-state index >= 15 is 0 Å². The molecule has 0 atom stereocenters. The van der Waals surface area contributed by atoms with Gasteiger partial charge in [-0.05, 0) is 29.8 Å². The number of amides is 2. The molecular weight excluding hydrogens is 430 g/mol. The highest BCUT2D eigenvalue weighted by Gasteiger charge is 2.29. The van der Waals surface area contributed by atoms with Crippen molar-refractivity contribution in [3.05, 3.63) is 58.6 Å². The number of sulfonamides is 1. The maximum absolute atomic E-state index is 13.0. The lowest BCUT2D eigenvalue weighted by Gasteiger charge is -2.26. The topological polar surface area (TPSA) is 105 Å². The normalized spacial score (nSPS) is 14.9. The maximum Gasteiger partial charge on any atom is 0.255 e. The summed E-state index contributed by atoms with van der Waals surface area (Å²) in [5.74, 6) is -0.698. The van der Waals surface area contributed by atoms with Gasteiger partial charge in [0.25, 0.3) is 5.91 Å². The number of anilines is 1. The number of carbonyl (C=O) groups is 2. The van der Waals surface area contributed by atoms with Crippen LogP contribution in [0.1, 0.15) is 15.9 Å². The molecule has 2 N–H and O–H groups in total. The third-order valence-corrected chi connectivity index (χ3v) is 7.06. The van der Waals surface area contributed by atoms with E-state index in [0.29, 0.717) is 24.5 Å². The molecule has 0 bridgehead atoms. The number of hydrogen-bond donors (Lipinski definition) is 2. The van der Waals surface area contributed by atoms with Crippen LogP contribution in [0.2, 0.25) is 5.02 Å². The molecule has 1 fully saturated rings. The number of carbonyl (C=O) groups excluding carboxylic acids is 2. The van der Waals surface area contributed by atoms with Crippen molar-refractivity contribution in [2.45, 2.75) is 11.3 Å². The van der Waals surface area contributed by atoms with Crippen LogP contribution in [-0.4, -0.2) is 57.9 Å². The summed E-state index contributed by atoms with van der Waals surface area (Å²) in [5.41, 5.74) is 1.25. The number of likely N-dealkylation sites (N-methyl/N-ethyl adjacent to an activating group) is 1. The lowest BCUT2D eigenvalue weighted by atomic mass is 10.1. The zero-order chi connectivity index (χ0) is 21.7. The van der Waals surface area contributed by atoms with Gasteiger partial charge in [-0.1, -0.05) is 29.8 Å². The Labute approximate surface area is 180 Å². The van der Waals surface area contributed by atoms with E-state index < -0.39 is 15.9 Å². The maximum atomic E-state index is 13.0. The summed E-state index contributed by atoms with van der Waals surface area (Å²) < 4.78 is 32.4. The number of ether oxygens (including phenoxy) is 1. The second-order valence-electron chi connectivity index (χ2n) is 6.62. The van der Waals surface area contributed by atoms with E-state index in [2.05, 4.69) is 10.6 Å². The van der Waals surface area contributed by atoms with Crippen LogP contribution in [0.4, 0.5) is 5.69 Å². The fourth-order valence-electron chi connectivity index (χ4n) is 3.02.